The van der Waals surface area contributed by atoms with Crippen LogP contribution in [0.2, 0.25) is 5.02 Å². The van der Waals surface area contributed by atoms with Crippen LogP contribution < -0.4 is 5.32 Å². The van der Waals surface area contributed by atoms with Crippen LogP contribution in [0.15, 0.2) is 0 Å². The van der Waals surface area contributed by atoms with Crippen LogP contribution >= 0.6 is 11.6 Å². The second kappa shape index (κ2) is 6.67. The Morgan fingerprint density at radius 1 is 1.38 bits per heavy atom. The molecule has 21 heavy (non-hydrogen) atoms. The van der Waals surface area contributed by atoms with Gasteiger partial charge in [-0.1, -0.05) is 18.5 Å². The van der Waals surface area contributed by atoms with E-state index in [9.17, 15) is 8.42 Å². The van der Waals surface area contributed by atoms with Crippen molar-refractivity contribution in [2.45, 2.75) is 58.4 Å². The van der Waals surface area contributed by atoms with Crippen LogP contribution in [0.25, 0.3) is 0 Å². The molecule has 0 fully saturated rings. The maximum atomic E-state index is 12.1. The van der Waals surface area contributed by atoms with Gasteiger partial charge in [-0.2, -0.15) is 5.10 Å². The Balaban J connectivity index is 3.22. The standard InChI is InChI=1S/C14H26ClN3O2S/c1-7-16-12(14(4,5)21(6,19)20)9-11-13(15)10(3)17-18(11)8-2/h12,16H,7-9H2,1-6H3. The van der Waals surface area contributed by atoms with Crippen molar-refractivity contribution < 1.29 is 8.42 Å². The van der Waals surface area contributed by atoms with Crippen LogP contribution in [-0.4, -0.2) is 41.8 Å². The molecule has 1 aromatic heterocycles. The lowest BCUT2D eigenvalue weighted by molar-refractivity contribution is 0.404. The fourth-order valence-corrected chi connectivity index (χ4v) is 3.22. The maximum absolute atomic E-state index is 12.1. The SMILES string of the molecule is CCNC(Cc1c(Cl)c(C)nn1CC)C(C)(C)S(C)(=O)=O. The van der Waals surface area contributed by atoms with Gasteiger partial charge in [0, 0.05) is 25.3 Å². The first-order valence-electron chi connectivity index (χ1n) is 7.21. The van der Waals surface area contributed by atoms with Gasteiger partial charge >= 0.3 is 0 Å². The topological polar surface area (TPSA) is 64.0 Å². The van der Waals surface area contributed by atoms with E-state index in [0.29, 0.717) is 24.5 Å². The first kappa shape index (κ1) is 18.5. The molecule has 1 heterocycles. The van der Waals surface area contributed by atoms with Crippen molar-refractivity contribution in [1.82, 2.24) is 15.1 Å². The monoisotopic (exact) mass is 335 g/mol. The van der Waals surface area contributed by atoms with Crippen LogP contribution in [0.5, 0.6) is 0 Å². The molecule has 1 unspecified atom stereocenters. The minimum absolute atomic E-state index is 0.226. The van der Waals surface area contributed by atoms with E-state index >= 15 is 0 Å². The molecular formula is C14H26ClN3O2S. The lowest BCUT2D eigenvalue weighted by atomic mass is 9.97. The predicted octanol–water partition coefficient (Wildman–Crippen LogP) is 2.21. The molecule has 0 amide bonds. The largest absolute Gasteiger partial charge is 0.312 e. The Morgan fingerprint density at radius 3 is 2.38 bits per heavy atom. The summed E-state index contributed by atoms with van der Waals surface area (Å²) in [6.07, 6.45) is 1.81. The normalized spacial score (nSPS) is 14.4. The van der Waals surface area contributed by atoms with Gasteiger partial charge in [0.2, 0.25) is 0 Å². The summed E-state index contributed by atoms with van der Waals surface area (Å²) in [5, 5.41) is 8.31. The molecule has 1 rings (SSSR count). The average molecular weight is 336 g/mol. The second-order valence-electron chi connectivity index (χ2n) is 5.85. The minimum Gasteiger partial charge on any atom is -0.312 e. The first-order chi connectivity index (χ1) is 9.56. The Hall–Kier alpha value is -0.590. The van der Waals surface area contributed by atoms with Gasteiger partial charge in [0.1, 0.15) is 0 Å². The molecule has 0 bridgehead atoms. The molecule has 1 N–H and O–H groups in total. The zero-order valence-corrected chi connectivity index (χ0v) is 15.3. The minimum atomic E-state index is -3.20. The van der Waals surface area contributed by atoms with Crippen molar-refractivity contribution in [3.8, 4) is 0 Å². The van der Waals surface area contributed by atoms with E-state index in [0.717, 1.165) is 11.4 Å². The fourth-order valence-electron chi connectivity index (χ4n) is 2.33. The Bertz CT molecular complexity index is 594. The highest BCUT2D eigenvalue weighted by molar-refractivity contribution is 7.92. The molecule has 1 atom stereocenters. The third-order valence-corrected chi connectivity index (χ3v) is 6.78. The average Bonchev–Trinajstić information content (AvgIpc) is 2.64. The van der Waals surface area contributed by atoms with E-state index in [-0.39, 0.29) is 6.04 Å². The Morgan fingerprint density at radius 2 is 1.95 bits per heavy atom. The van der Waals surface area contributed by atoms with Crippen molar-refractivity contribution in [2.24, 2.45) is 0 Å². The third-order valence-electron chi connectivity index (χ3n) is 4.10. The lowest BCUT2D eigenvalue weighted by Gasteiger charge is -2.33. The molecule has 0 aromatic carbocycles. The summed E-state index contributed by atoms with van der Waals surface area (Å²) >= 11 is 6.34. The zero-order chi connectivity index (χ0) is 16.4. The summed E-state index contributed by atoms with van der Waals surface area (Å²) in [6, 6.07) is -0.226. The smallest absolute Gasteiger partial charge is 0.154 e. The molecule has 7 heteroatoms. The number of hydrogen-bond acceptors (Lipinski definition) is 4. The van der Waals surface area contributed by atoms with E-state index in [1.807, 2.05) is 25.5 Å². The first-order valence-corrected chi connectivity index (χ1v) is 9.47. The van der Waals surface area contributed by atoms with Crippen LogP contribution in [0, 0.1) is 6.92 Å². The van der Waals surface area contributed by atoms with Crippen molar-refractivity contribution >= 4 is 21.4 Å². The number of aryl methyl sites for hydroxylation is 2. The van der Waals surface area contributed by atoms with Crippen LogP contribution in [0.4, 0.5) is 0 Å². The van der Waals surface area contributed by atoms with Gasteiger partial charge in [0.15, 0.2) is 9.84 Å². The molecule has 0 saturated heterocycles. The molecule has 0 aliphatic heterocycles. The molecule has 5 nitrogen and oxygen atoms in total. The van der Waals surface area contributed by atoms with Crippen molar-refractivity contribution in [3.63, 3.8) is 0 Å². The van der Waals surface area contributed by atoms with E-state index < -0.39 is 14.6 Å². The summed E-state index contributed by atoms with van der Waals surface area (Å²) in [5.74, 6) is 0. The van der Waals surface area contributed by atoms with Gasteiger partial charge in [-0.15, -0.1) is 0 Å². The molecular weight excluding hydrogens is 310 g/mol. The molecule has 0 radical (unpaired) electrons. The molecule has 0 saturated carbocycles. The van der Waals surface area contributed by atoms with E-state index in [4.69, 9.17) is 11.6 Å². The summed E-state index contributed by atoms with van der Waals surface area (Å²) in [7, 11) is -3.20. The molecule has 0 aliphatic rings. The van der Waals surface area contributed by atoms with Crippen molar-refractivity contribution in [2.75, 3.05) is 12.8 Å². The van der Waals surface area contributed by atoms with Crippen LogP contribution in [-0.2, 0) is 22.8 Å². The van der Waals surface area contributed by atoms with Gasteiger partial charge in [-0.25, -0.2) is 8.42 Å². The maximum Gasteiger partial charge on any atom is 0.154 e. The number of nitrogens with one attached hydrogen (secondary N) is 1. The highest BCUT2D eigenvalue weighted by Gasteiger charge is 2.39. The summed E-state index contributed by atoms with van der Waals surface area (Å²) < 4.78 is 25.2. The van der Waals surface area contributed by atoms with Gasteiger partial charge in [-0.3, -0.25) is 4.68 Å². The molecule has 1 aromatic rings. The molecule has 0 aliphatic carbocycles. The summed E-state index contributed by atoms with van der Waals surface area (Å²) in [6.45, 7) is 10.7. The van der Waals surface area contributed by atoms with Gasteiger partial charge < -0.3 is 5.32 Å². The third kappa shape index (κ3) is 3.79. The number of sulfone groups is 1. The number of nitrogens with zero attached hydrogens (tertiary/aromatic N) is 2. The van der Waals surface area contributed by atoms with Crippen LogP contribution in [0.1, 0.15) is 39.1 Å². The highest BCUT2D eigenvalue weighted by atomic mass is 35.5. The summed E-state index contributed by atoms with van der Waals surface area (Å²) in [5.41, 5.74) is 1.67. The van der Waals surface area contributed by atoms with Crippen molar-refractivity contribution in [1.29, 1.82) is 0 Å². The highest BCUT2D eigenvalue weighted by Crippen LogP contribution is 2.27. The molecule has 0 spiro atoms. The predicted molar refractivity (Wildman–Crippen MR) is 87.7 cm³/mol. The number of aromatic nitrogens is 2. The van der Waals surface area contributed by atoms with Gasteiger partial charge in [-0.05, 0) is 34.2 Å². The van der Waals surface area contributed by atoms with Gasteiger partial charge in [0.25, 0.3) is 0 Å². The molecule has 122 valence electrons. The van der Waals surface area contributed by atoms with Crippen LogP contribution in [0.3, 0.4) is 0 Å². The number of likely N-dealkylation sites (N-methyl/N-ethyl adjacent to an activating group) is 1. The van der Waals surface area contributed by atoms with E-state index in [2.05, 4.69) is 10.4 Å². The zero-order valence-electron chi connectivity index (χ0n) is 13.7. The number of hydrogen-bond donors (Lipinski definition) is 1. The van der Waals surface area contributed by atoms with E-state index in [1.54, 1.807) is 13.8 Å². The van der Waals surface area contributed by atoms with Crippen molar-refractivity contribution in [3.05, 3.63) is 16.4 Å². The Labute approximate surface area is 133 Å². The van der Waals surface area contributed by atoms with Gasteiger partial charge in [0.05, 0.1) is 21.2 Å². The quantitative estimate of drug-likeness (QED) is 0.829. The number of rotatable bonds is 7. The fraction of sp³-hybridized carbons (Fsp3) is 0.786. The summed E-state index contributed by atoms with van der Waals surface area (Å²) in [4.78, 5) is 0. The van der Waals surface area contributed by atoms with E-state index in [1.165, 1.54) is 6.26 Å². The number of halogens is 1. The lowest BCUT2D eigenvalue weighted by Crippen LogP contribution is -2.52. The Kier molecular flexibility index (Phi) is 5.86. The second-order valence-corrected chi connectivity index (χ2v) is 8.83.